The number of ether oxygens (including phenoxy) is 1. The van der Waals surface area contributed by atoms with Crippen molar-refractivity contribution in [1.82, 2.24) is 4.98 Å². The van der Waals surface area contributed by atoms with Crippen molar-refractivity contribution in [3.05, 3.63) is 53.7 Å². The summed E-state index contributed by atoms with van der Waals surface area (Å²) in [5, 5.41) is 2.90. The van der Waals surface area contributed by atoms with Crippen LogP contribution in [-0.4, -0.2) is 37.7 Å². The van der Waals surface area contributed by atoms with Crippen LogP contribution in [0.3, 0.4) is 0 Å². The first kappa shape index (κ1) is 17.4. The maximum atomic E-state index is 12.3. The second-order valence-electron chi connectivity index (χ2n) is 6.61. The van der Waals surface area contributed by atoms with E-state index in [0.29, 0.717) is 11.5 Å². The average molecular weight is 339 g/mol. The molecule has 1 aliphatic rings. The molecule has 3 rings (SSSR count). The lowest BCUT2D eigenvalue weighted by Crippen LogP contribution is -2.35. The van der Waals surface area contributed by atoms with Crippen LogP contribution in [0.1, 0.15) is 28.8 Å². The van der Waals surface area contributed by atoms with Crippen LogP contribution in [0, 0.1) is 12.8 Å². The summed E-state index contributed by atoms with van der Waals surface area (Å²) in [6, 6.07) is 11.5. The van der Waals surface area contributed by atoms with E-state index in [-0.39, 0.29) is 5.91 Å². The summed E-state index contributed by atoms with van der Waals surface area (Å²) in [7, 11) is 1.76. The number of aryl methyl sites for hydroxylation is 1. The summed E-state index contributed by atoms with van der Waals surface area (Å²) in [6.45, 7) is 4.82. The molecule has 0 aliphatic carbocycles. The summed E-state index contributed by atoms with van der Waals surface area (Å²) in [4.78, 5) is 19.1. The van der Waals surface area contributed by atoms with Crippen LogP contribution in [0.5, 0.6) is 0 Å². The minimum absolute atomic E-state index is 0.137. The second-order valence-corrected chi connectivity index (χ2v) is 6.61. The molecule has 1 N–H and O–H groups in total. The summed E-state index contributed by atoms with van der Waals surface area (Å²) in [6.07, 6.45) is 3.89. The average Bonchev–Trinajstić information content (AvgIpc) is 2.65. The number of nitrogens with one attached hydrogen (secondary N) is 1. The fourth-order valence-corrected chi connectivity index (χ4v) is 3.11. The smallest absolute Gasteiger partial charge is 0.257 e. The van der Waals surface area contributed by atoms with E-state index in [0.717, 1.165) is 44.0 Å². The van der Waals surface area contributed by atoms with E-state index in [2.05, 4.69) is 15.2 Å². The van der Waals surface area contributed by atoms with Gasteiger partial charge in [0, 0.05) is 38.7 Å². The highest BCUT2D eigenvalue weighted by Gasteiger charge is 2.20. The zero-order valence-corrected chi connectivity index (χ0v) is 14.9. The third-order valence-corrected chi connectivity index (χ3v) is 4.66. The molecule has 0 bridgehead atoms. The minimum atomic E-state index is -0.137. The van der Waals surface area contributed by atoms with Gasteiger partial charge in [-0.15, -0.1) is 0 Å². The van der Waals surface area contributed by atoms with E-state index in [9.17, 15) is 4.79 Å². The largest absolute Gasteiger partial charge is 0.384 e. The number of carbonyl (C=O) groups excluding carboxylic acids is 1. The van der Waals surface area contributed by atoms with Crippen LogP contribution >= 0.6 is 0 Å². The number of amides is 1. The predicted molar refractivity (Wildman–Crippen MR) is 100 cm³/mol. The molecule has 1 fully saturated rings. The molecule has 1 saturated heterocycles. The van der Waals surface area contributed by atoms with E-state index in [1.165, 1.54) is 5.56 Å². The van der Waals surface area contributed by atoms with Gasteiger partial charge in [-0.25, -0.2) is 4.98 Å². The Morgan fingerprint density at radius 1 is 1.20 bits per heavy atom. The minimum Gasteiger partial charge on any atom is -0.384 e. The zero-order chi connectivity index (χ0) is 17.6. The van der Waals surface area contributed by atoms with Gasteiger partial charge in [0.15, 0.2) is 0 Å². The van der Waals surface area contributed by atoms with Crippen molar-refractivity contribution in [2.45, 2.75) is 19.8 Å². The van der Waals surface area contributed by atoms with Crippen molar-refractivity contribution in [3.63, 3.8) is 0 Å². The Bertz CT molecular complexity index is 690. The second kappa shape index (κ2) is 8.12. The number of piperidine rings is 1. The van der Waals surface area contributed by atoms with Crippen LogP contribution in [0.2, 0.25) is 0 Å². The number of benzene rings is 1. The number of nitrogens with zero attached hydrogens (tertiary/aromatic N) is 2. The number of aromatic nitrogens is 1. The molecule has 2 aromatic rings. The first-order valence-corrected chi connectivity index (χ1v) is 8.73. The standard InChI is InChI=1S/C20H25N3O2/c1-15-3-6-18(7-4-15)22-20(24)17-5-8-19(21-13-17)23-11-9-16(10-12-23)14-25-2/h3-8,13,16H,9-12,14H2,1-2H3,(H,22,24). The molecule has 1 amide bonds. The van der Waals surface area contributed by atoms with Gasteiger partial charge in [-0.2, -0.15) is 0 Å². The van der Waals surface area contributed by atoms with Crippen LogP contribution < -0.4 is 10.2 Å². The topological polar surface area (TPSA) is 54.5 Å². The van der Waals surface area contributed by atoms with E-state index in [1.807, 2.05) is 43.3 Å². The Hall–Kier alpha value is -2.40. The van der Waals surface area contributed by atoms with Gasteiger partial charge in [0.25, 0.3) is 5.91 Å². The predicted octanol–water partition coefficient (Wildman–Crippen LogP) is 3.51. The van der Waals surface area contributed by atoms with Crippen molar-refractivity contribution >= 4 is 17.4 Å². The normalized spacial score (nSPS) is 15.2. The molecule has 1 aromatic carbocycles. The summed E-state index contributed by atoms with van der Waals surface area (Å²) in [5.41, 5.74) is 2.52. The Kier molecular flexibility index (Phi) is 5.66. The maximum absolute atomic E-state index is 12.3. The van der Waals surface area contributed by atoms with Crippen LogP contribution in [-0.2, 0) is 4.74 Å². The highest BCUT2D eigenvalue weighted by Crippen LogP contribution is 2.22. The molecule has 25 heavy (non-hydrogen) atoms. The highest BCUT2D eigenvalue weighted by atomic mass is 16.5. The summed E-state index contributed by atoms with van der Waals surface area (Å²) >= 11 is 0. The molecule has 2 heterocycles. The third-order valence-electron chi connectivity index (χ3n) is 4.66. The number of carbonyl (C=O) groups is 1. The van der Waals surface area contributed by atoms with Crippen molar-refractivity contribution in [2.75, 3.05) is 37.0 Å². The quantitative estimate of drug-likeness (QED) is 0.906. The van der Waals surface area contributed by atoms with E-state index in [1.54, 1.807) is 13.3 Å². The van der Waals surface area contributed by atoms with Crippen molar-refractivity contribution in [3.8, 4) is 0 Å². The lowest BCUT2D eigenvalue weighted by atomic mass is 9.98. The molecule has 0 saturated carbocycles. The lowest BCUT2D eigenvalue weighted by molar-refractivity contribution is 0.102. The van der Waals surface area contributed by atoms with Crippen LogP contribution in [0.25, 0.3) is 0 Å². The van der Waals surface area contributed by atoms with Gasteiger partial charge >= 0.3 is 0 Å². The number of methoxy groups -OCH3 is 1. The number of hydrogen-bond acceptors (Lipinski definition) is 4. The number of rotatable bonds is 5. The van der Waals surface area contributed by atoms with Crippen molar-refractivity contribution in [1.29, 1.82) is 0 Å². The Balaban J connectivity index is 1.58. The van der Waals surface area contributed by atoms with Crippen LogP contribution in [0.15, 0.2) is 42.6 Å². The lowest BCUT2D eigenvalue weighted by Gasteiger charge is -2.32. The molecule has 0 radical (unpaired) electrons. The molecule has 1 aromatic heterocycles. The highest BCUT2D eigenvalue weighted by molar-refractivity contribution is 6.04. The van der Waals surface area contributed by atoms with E-state index < -0.39 is 0 Å². The van der Waals surface area contributed by atoms with Gasteiger partial charge in [0.1, 0.15) is 5.82 Å². The van der Waals surface area contributed by atoms with Gasteiger partial charge in [-0.3, -0.25) is 4.79 Å². The fraction of sp³-hybridized carbons (Fsp3) is 0.400. The van der Waals surface area contributed by atoms with Gasteiger partial charge in [-0.1, -0.05) is 17.7 Å². The zero-order valence-electron chi connectivity index (χ0n) is 14.9. The molecular formula is C20H25N3O2. The van der Waals surface area contributed by atoms with E-state index in [4.69, 9.17) is 4.74 Å². The van der Waals surface area contributed by atoms with Gasteiger partial charge in [0.05, 0.1) is 5.56 Å². The molecule has 0 unspecified atom stereocenters. The first-order chi connectivity index (χ1) is 12.2. The first-order valence-electron chi connectivity index (χ1n) is 8.73. The van der Waals surface area contributed by atoms with Crippen molar-refractivity contribution in [2.24, 2.45) is 5.92 Å². The molecule has 132 valence electrons. The molecular weight excluding hydrogens is 314 g/mol. The molecule has 5 nitrogen and oxygen atoms in total. The van der Waals surface area contributed by atoms with E-state index >= 15 is 0 Å². The Labute approximate surface area is 149 Å². The Morgan fingerprint density at radius 2 is 1.92 bits per heavy atom. The number of pyridine rings is 1. The van der Waals surface area contributed by atoms with Crippen LogP contribution in [0.4, 0.5) is 11.5 Å². The van der Waals surface area contributed by atoms with Gasteiger partial charge in [0.2, 0.25) is 0 Å². The summed E-state index contributed by atoms with van der Waals surface area (Å²) in [5.74, 6) is 1.44. The number of hydrogen-bond donors (Lipinski definition) is 1. The molecule has 5 heteroatoms. The monoisotopic (exact) mass is 339 g/mol. The molecule has 0 atom stereocenters. The number of anilines is 2. The fourth-order valence-electron chi connectivity index (χ4n) is 3.11. The third kappa shape index (κ3) is 4.57. The molecule has 0 spiro atoms. The van der Waals surface area contributed by atoms with Crippen molar-refractivity contribution < 1.29 is 9.53 Å². The summed E-state index contributed by atoms with van der Waals surface area (Å²) < 4.78 is 5.24. The van der Waals surface area contributed by atoms with Gasteiger partial charge < -0.3 is 15.0 Å². The molecule has 1 aliphatic heterocycles. The van der Waals surface area contributed by atoms with Gasteiger partial charge in [-0.05, 0) is 49.9 Å². The SMILES string of the molecule is COCC1CCN(c2ccc(C(=O)Nc3ccc(C)cc3)cn2)CC1. The maximum Gasteiger partial charge on any atom is 0.257 e. The Morgan fingerprint density at radius 3 is 2.52 bits per heavy atom.